The second-order valence-electron chi connectivity index (χ2n) is 6.79. The summed E-state index contributed by atoms with van der Waals surface area (Å²) in [6, 6.07) is 7.01. The number of aromatic nitrogens is 2. The smallest absolute Gasteiger partial charge is 0.305 e. The molecule has 0 saturated heterocycles. The number of hydrogen-bond acceptors (Lipinski definition) is 6. The Morgan fingerprint density at radius 3 is 2.59 bits per heavy atom. The number of nitrogens with one attached hydrogen (secondary N) is 1. The average Bonchev–Trinajstić information content (AvgIpc) is 2.82. The number of fused-ring (bicyclic) bond motifs is 1. The summed E-state index contributed by atoms with van der Waals surface area (Å²) in [6.45, 7) is 1.40. The zero-order valence-corrected chi connectivity index (χ0v) is 16.2. The first-order valence-electron chi connectivity index (χ1n) is 8.16. The number of rotatable bonds is 9. The number of carbonyl (C=O) groups is 2. The van der Waals surface area contributed by atoms with E-state index in [4.69, 9.17) is 9.84 Å². The van der Waals surface area contributed by atoms with Crippen LogP contribution in [0.3, 0.4) is 0 Å². The van der Waals surface area contributed by atoms with E-state index < -0.39 is 27.3 Å². The number of methoxy groups -OCH3 is 1. The minimum absolute atomic E-state index is 0.0198. The average molecular weight is 397 g/mol. The van der Waals surface area contributed by atoms with Crippen molar-refractivity contribution in [2.24, 2.45) is 0 Å². The van der Waals surface area contributed by atoms with Gasteiger partial charge in [0.25, 0.3) is 0 Å². The van der Waals surface area contributed by atoms with Gasteiger partial charge in [-0.3, -0.25) is 9.59 Å². The number of carboxylic acid groups (broad SMARTS) is 1. The van der Waals surface area contributed by atoms with Crippen LogP contribution in [0.4, 0.5) is 0 Å². The zero-order chi connectivity index (χ0) is 20.2. The molecule has 0 aliphatic carbocycles. The van der Waals surface area contributed by atoms with E-state index in [-0.39, 0.29) is 31.1 Å². The number of nitrogens with zero attached hydrogens (tertiary/aromatic N) is 2. The van der Waals surface area contributed by atoms with Crippen LogP contribution in [0.25, 0.3) is 11.0 Å². The van der Waals surface area contributed by atoms with Crippen LogP contribution in [0.1, 0.15) is 19.2 Å². The SMILES string of the molecule is COCC(C)(CC(=O)O)NC(=O)Cn1c(CS(C)(=O)=O)nc2ccccc21. The number of aliphatic carboxylic acids is 1. The van der Waals surface area contributed by atoms with Crippen LogP contribution < -0.4 is 5.32 Å². The molecule has 27 heavy (non-hydrogen) atoms. The molecule has 0 aliphatic rings. The Balaban J connectivity index is 2.32. The van der Waals surface area contributed by atoms with E-state index in [1.54, 1.807) is 31.2 Å². The molecule has 1 amide bonds. The standard InChI is InChI=1S/C17H23N3O6S/c1-17(11-26-2,8-16(22)23)19-15(21)9-20-13-7-5-4-6-12(13)18-14(20)10-27(3,24)25/h4-7H,8-11H2,1-3H3,(H,19,21)(H,22,23). The number of amides is 1. The molecule has 0 radical (unpaired) electrons. The summed E-state index contributed by atoms with van der Waals surface area (Å²) in [5.74, 6) is -1.59. The lowest BCUT2D eigenvalue weighted by molar-refractivity contribution is -0.139. The summed E-state index contributed by atoms with van der Waals surface area (Å²) in [5.41, 5.74) is 0.109. The number of benzene rings is 1. The van der Waals surface area contributed by atoms with Crippen LogP contribution in [-0.2, 0) is 36.5 Å². The number of imidazole rings is 1. The van der Waals surface area contributed by atoms with Gasteiger partial charge >= 0.3 is 5.97 Å². The van der Waals surface area contributed by atoms with Crippen LogP contribution >= 0.6 is 0 Å². The molecule has 10 heteroatoms. The van der Waals surface area contributed by atoms with Crippen molar-refractivity contribution in [3.05, 3.63) is 30.1 Å². The van der Waals surface area contributed by atoms with Gasteiger partial charge < -0.3 is 19.7 Å². The highest BCUT2D eigenvalue weighted by atomic mass is 32.2. The van der Waals surface area contributed by atoms with Crippen molar-refractivity contribution in [2.75, 3.05) is 20.0 Å². The van der Waals surface area contributed by atoms with Crippen molar-refractivity contribution in [3.8, 4) is 0 Å². The summed E-state index contributed by atoms with van der Waals surface area (Å²) >= 11 is 0. The highest BCUT2D eigenvalue weighted by Crippen LogP contribution is 2.18. The van der Waals surface area contributed by atoms with Crippen LogP contribution in [0, 0.1) is 0 Å². The third-order valence-corrected chi connectivity index (χ3v) is 4.65. The summed E-state index contributed by atoms with van der Waals surface area (Å²) in [5, 5.41) is 11.7. The van der Waals surface area contributed by atoms with E-state index in [0.29, 0.717) is 11.0 Å². The van der Waals surface area contributed by atoms with Crippen LogP contribution in [-0.4, -0.2) is 60.5 Å². The van der Waals surface area contributed by atoms with Gasteiger partial charge in [0, 0.05) is 13.4 Å². The number of carbonyl (C=O) groups excluding carboxylic acids is 1. The van der Waals surface area contributed by atoms with E-state index in [1.807, 2.05) is 0 Å². The molecule has 0 spiro atoms. The Morgan fingerprint density at radius 1 is 1.33 bits per heavy atom. The molecule has 1 aromatic heterocycles. The fourth-order valence-corrected chi connectivity index (χ4v) is 3.64. The number of para-hydroxylation sites is 2. The second-order valence-corrected chi connectivity index (χ2v) is 8.93. The van der Waals surface area contributed by atoms with Gasteiger partial charge in [0.2, 0.25) is 5.91 Å². The largest absolute Gasteiger partial charge is 0.481 e. The third kappa shape index (κ3) is 5.76. The maximum Gasteiger partial charge on any atom is 0.305 e. The molecule has 2 aromatic rings. The molecule has 2 N–H and O–H groups in total. The second kappa shape index (κ2) is 8.05. The van der Waals surface area contributed by atoms with Crippen LogP contribution in [0.15, 0.2) is 24.3 Å². The number of ether oxygens (including phenoxy) is 1. The normalized spacial score (nSPS) is 14.0. The third-order valence-electron chi connectivity index (χ3n) is 3.87. The van der Waals surface area contributed by atoms with Crippen molar-refractivity contribution in [3.63, 3.8) is 0 Å². The maximum absolute atomic E-state index is 12.6. The highest BCUT2D eigenvalue weighted by Gasteiger charge is 2.30. The summed E-state index contributed by atoms with van der Waals surface area (Å²) in [4.78, 5) is 28.0. The predicted octanol–water partition coefficient (Wildman–Crippen LogP) is 0.577. The minimum atomic E-state index is -3.36. The first kappa shape index (κ1) is 20.8. The van der Waals surface area contributed by atoms with Crippen LogP contribution in [0.5, 0.6) is 0 Å². The fourth-order valence-electron chi connectivity index (χ4n) is 2.95. The van der Waals surface area contributed by atoms with Crippen molar-refractivity contribution < 1.29 is 27.9 Å². The molecule has 0 bridgehead atoms. The highest BCUT2D eigenvalue weighted by molar-refractivity contribution is 7.89. The van der Waals surface area contributed by atoms with Gasteiger partial charge in [0.15, 0.2) is 9.84 Å². The molecular formula is C17H23N3O6S. The number of hydrogen-bond donors (Lipinski definition) is 2. The van der Waals surface area contributed by atoms with Gasteiger partial charge in [0.1, 0.15) is 18.1 Å². The lowest BCUT2D eigenvalue weighted by Gasteiger charge is -2.28. The van der Waals surface area contributed by atoms with Gasteiger partial charge in [-0.1, -0.05) is 12.1 Å². The Hall–Kier alpha value is -2.46. The van der Waals surface area contributed by atoms with Crippen molar-refractivity contribution in [1.82, 2.24) is 14.9 Å². The van der Waals surface area contributed by atoms with E-state index in [0.717, 1.165) is 6.26 Å². The van der Waals surface area contributed by atoms with Gasteiger partial charge in [-0.25, -0.2) is 13.4 Å². The molecule has 1 aromatic carbocycles. The molecule has 148 valence electrons. The minimum Gasteiger partial charge on any atom is -0.481 e. The predicted molar refractivity (Wildman–Crippen MR) is 99.0 cm³/mol. The Kier molecular flexibility index (Phi) is 6.22. The fraction of sp³-hybridized carbons (Fsp3) is 0.471. The Morgan fingerprint density at radius 2 is 2.00 bits per heavy atom. The van der Waals surface area contributed by atoms with Crippen LogP contribution in [0.2, 0.25) is 0 Å². The molecule has 1 unspecified atom stereocenters. The van der Waals surface area contributed by atoms with E-state index >= 15 is 0 Å². The van der Waals surface area contributed by atoms with Crippen molar-refractivity contribution >= 4 is 32.7 Å². The number of carboxylic acids is 1. The molecular weight excluding hydrogens is 374 g/mol. The Bertz CT molecular complexity index is 953. The summed E-state index contributed by atoms with van der Waals surface area (Å²) < 4.78 is 30.0. The van der Waals surface area contributed by atoms with E-state index in [1.165, 1.54) is 11.7 Å². The molecule has 0 aliphatic heterocycles. The quantitative estimate of drug-likeness (QED) is 0.633. The number of sulfone groups is 1. The zero-order valence-electron chi connectivity index (χ0n) is 15.4. The van der Waals surface area contributed by atoms with Gasteiger partial charge in [-0.15, -0.1) is 0 Å². The van der Waals surface area contributed by atoms with Gasteiger partial charge in [-0.2, -0.15) is 0 Å². The maximum atomic E-state index is 12.6. The molecule has 0 saturated carbocycles. The Labute approximate surface area is 157 Å². The first-order chi connectivity index (χ1) is 12.5. The molecule has 2 rings (SSSR count). The molecule has 0 fully saturated rings. The molecule has 1 heterocycles. The summed E-state index contributed by atoms with van der Waals surface area (Å²) in [6.07, 6.45) is 0.784. The van der Waals surface area contributed by atoms with E-state index in [2.05, 4.69) is 10.3 Å². The molecule has 1 atom stereocenters. The van der Waals surface area contributed by atoms with Gasteiger partial charge in [-0.05, 0) is 19.1 Å². The monoisotopic (exact) mass is 397 g/mol. The van der Waals surface area contributed by atoms with Crippen molar-refractivity contribution in [2.45, 2.75) is 31.2 Å². The topological polar surface area (TPSA) is 128 Å². The lowest BCUT2D eigenvalue weighted by Crippen LogP contribution is -2.51. The molecule has 9 nitrogen and oxygen atoms in total. The lowest BCUT2D eigenvalue weighted by atomic mass is 9.99. The van der Waals surface area contributed by atoms with Gasteiger partial charge in [0.05, 0.1) is 29.6 Å². The van der Waals surface area contributed by atoms with E-state index in [9.17, 15) is 18.0 Å². The van der Waals surface area contributed by atoms with Crippen molar-refractivity contribution in [1.29, 1.82) is 0 Å². The first-order valence-corrected chi connectivity index (χ1v) is 10.2. The summed E-state index contributed by atoms with van der Waals surface area (Å²) in [7, 11) is -1.94.